The van der Waals surface area contributed by atoms with E-state index in [-0.39, 0.29) is 0 Å². The molecule has 2 aromatic heterocycles. The summed E-state index contributed by atoms with van der Waals surface area (Å²) in [5.74, 6) is 2.19. The van der Waals surface area contributed by atoms with Crippen LogP contribution in [0.3, 0.4) is 0 Å². The Balaban J connectivity index is 2.39. The van der Waals surface area contributed by atoms with Crippen molar-refractivity contribution in [2.75, 3.05) is 12.4 Å². The standard InChI is InChI=1S/C16H22N4O/c1-5-7-12-15(17-4)18-10-19-16(12)21-14-9-8-11(3)20-13(14)6-2/h8-10H,5-7H2,1-4H3,(H,17,18,19). The van der Waals surface area contributed by atoms with Crippen LogP contribution in [0.25, 0.3) is 0 Å². The SMILES string of the molecule is CCCc1c(NC)ncnc1Oc1ccc(C)nc1CC. The summed E-state index contributed by atoms with van der Waals surface area (Å²) in [4.78, 5) is 13.1. The van der Waals surface area contributed by atoms with Crippen LogP contribution in [-0.2, 0) is 12.8 Å². The van der Waals surface area contributed by atoms with E-state index < -0.39 is 0 Å². The fourth-order valence-corrected chi connectivity index (χ4v) is 2.22. The first-order valence-corrected chi connectivity index (χ1v) is 7.35. The van der Waals surface area contributed by atoms with E-state index in [9.17, 15) is 0 Å². The maximum absolute atomic E-state index is 6.03. The Bertz CT molecular complexity index is 613. The Hall–Kier alpha value is -2.17. The summed E-state index contributed by atoms with van der Waals surface area (Å²) in [6.07, 6.45) is 4.22. The van der Waals surface area contributed by atoms with E-state index in [1.165, 1.54) is 6.33 Å². The molecule has 0 radical (unpaired) electrons. The highest BCUT2D eigenvalue weighted by Gasteiger charge is 2.14. The van der Waals surface area contributed by atoms with Crippen molar-refractivity contribution in [2.24, 2.45) is 0 Å². The smallest absolute Gasteiger partial charge is 0.227 e. The van der Waals surface area contributed by atoms with Gasteiger partial charge in [-0.1, -0.05) is 20.3 Å². The second-order valence-corrected chi connectivity index (χ2v) is 4.86. The van der Waals surface area contributed by atoms with E-state index in [0.29, 0.717) is 5.88 Å². The number of nitrogens with one attached hydrogen (secondary N) is 1. The largest absolute Gasteiger partial charge is 0.437 e. The molecule has 0 aliphatic carbocycles. The summed E-state index contributed by atoms with van der Waals surface area (Å²) in [7, 11) is 1.86. The van der Waals surface area contributed by atoms with E-state index in [2.05, 4.69) is 34.1 Å². The third-order valence-corrected chi connectivity index (χ3v) is 3.26. The second-order valence-electron chi connectivity index (χ2n) is 4.86. The zero-order chi connectivity index (χ0) is 15.2. The zero-order valence-electron chi connectivity index (χ0n) is 13.1. The Labute approximate surface area is 125 Å². The minimum Gasteiger partial charge on any atom is -0.437 e. The van der Waals surface area contributed by atoms with Gasteiger partial charge >= 0.3 is 0 Å². The van der Waals surface area contributed by atoms with Crippen LogP contribution in [0.1, 0.15) is 37.2 Å². The second kappa shape index (κ2) is 7.02. The molecule has 0 aliphatic heterocycles. The number of pyridine rings is 1. The molecule has 0 unspecified atom stereocenters. The highest BCUT2D eigenvalue weighted by Crippen LogP contribution is 2.29. The average Bonchev–Trinajstić information content (AvgIpc) is 2.50. The molecule has 2 aromatic rings. The number of anilines is 1. The summed E-state index contributed by atoms with van der Waals surface area (Å²) >= 11 is 0. The van der Waals surface area contributed by atoms with Gasteiger partial charge in [0.05, 0.1) is 11.3 Å². The molecule has 0 atom stereocenters. The molecule has 0 bridgehead atoms. The fourth-order valence-electron chi connectivity index (χ4n) is 2.22. The van der Waals surface area contributed by atoms with Gasteiger partial charge in [-0.3, -0.25) is 4.98 Å². The highest BCUT2D eigenvalue weighted by atomic mass is 16.5. The third kappa shape index (κ3) is 3.48. The monoisotopic (exact) mass is 286 g/mol. The molecule has 5 nitrogen and oxygen atoms in total. The molecular weight excluding hydrogens is 264 g/mol. The molecule has 0 amide bonds. The molecule has 0 saturated heterocycles. The molecule has 0 aliphatic rings. The Morgan fingerprint density at radius 1 is 1.19 bits per heavy atom. The minimum absolute atomic E-state index is 0.608. The van der Waals surface area contributed by atoms with Crippen LogP contribution in [0.5, 0.6) is 11.6 Å². The molecule has 2 heterocycles. The normalized spacial score (nSPS) is 10.5. The van der Waals surface area contributed by atoms with Crippen LogP contribution in [0.15, 0.2) is 18.5 Å². The summed E-state index contributed by atoms with van der Waals surface area (Å²) in [6.45, 7) is 6.18. The van der Waals surface area contributed by atoms with Gasteiger partial charge in [-0.2, -0.15) is 0 Å². The van der Waals surface area contributed by atoms with Crippen molar-refractivity contribution < 1.29 is 4.74 Å². The number of ether oxygens (including phenoxy) is 1. The Morgan fingerprint density at radius 2 is 2.00 bits per heavy atom. The first-order valence-electron chi connectivity index (χ1n) is 7.35. The van der Waals surface area contributed by atoms with E-state index in [0.717, 1.165) is 47.8 Å². The van der Waals surface area contributed by atoms with E-state index in [1.807, 2.05) is 26.1 Å². The van der Waals surface area contributed by atoms with Crippen molar-refractivity contribution in [3.8, 4) is 11.6 Å². The Morgan fingerprint density at radius 3 is 2.67 bits per heavy atom. The summed E-state index contributed by atoms with van der Waals surface area (Å²) in [5, 5.41) is 3.10. The molecular formula is C16H22N4O. The van der Waals surface area contributed by atoms with Crippen LogP contribution in [-0.4, -0.2) is 22.0 Å². The topological polar surface area (TPSA) is 59.9 Å². The molecule has 112 valence electrons. The van der Waals surface area contributed by atoms with Crippen LogP contribution in [0, 0.1) is 6.92 Å². The third-order valence-electron chi connectivity index (χ3n) is 3.26. The fraction of sp³-hybridized carbons (Fsp3) is 0.438. The van der Waals surface area contributed by atoms with Gasteiger partial charge in [0.2, 0.25) is 5.88 Å². The van der Waals surface area contributed by atoms with E-state index in [4.69, 9.17) is 4.74 Å². The van der Waals surface area contributed by atoms with Crippen LogP contribution >= 0.6 is 0 Å². The lowest BCUT2D eigenvalue weighted by molar-refractivity contribution is 0.446. The van der Waals surface area contributed by atoms with E-state index in [1.54, 1.807) is 0 Å². The van der Waals surface area contributed by atoms with Crippen LogP contribution in [0.2, 0.25) is 0 Å². The average molecular weight is 286 g/mol. The van der Waals surface area contributed by atoms with Gasteiger partial charge in [0.25, 0.3) is 0 Å². The molecule has 0 saturated carbocycles. The molecule has 0 fully saturated rings. The lowest BCUT2D eigenvalue weighted by Crippen LogP contribution is -2.04. The van der Waals surface area contributed by atoms with Crippen molar-refractivity contribution in [2.45, 2.75) is 40.0 Å². The first-order chi connectivity index (χ1) is 10.2. The quantitative estimate of drug-likeness (QED) is 0.880. The maximum Gasteiger partial charge on any atom is 0.227 e. The van der Waals surface area contributed by atoms with Gasteiger partial charge < -0.3 is 10.1 Å². The first kappa shape index (κ1) is 15.2. The maximum atomic E-state index is 6.03. The van der Waals surface area contributed by atoms with Crippen LogP contribution < -0.4 is 10.1 Å². The van der Waals surface area contributed by atoms with Crippen LogP contribution in [0.4, 0.5) is 5.82 Å². The van der Waals surface area contributed by atoms with Gasteiger partial charge in [0, 0.05) is 12.7 Å². The van der Waals surface area contributed by atoms with Crippen molar-refractivity contribution in [3.63, 3.8) is 0 Å². The number of hydrogen-bond acceptors (Lipinski definition) is 5. The number of aryl methyl sites for hydroxylation is 2. The molecule has 1 N–H and O–H groups in total. The lowest BCUT2D eigenvalue weighted by Gasteiger charge is -2.14. The number of aromatic nitrogens is 3. The van der Waals surface area contributed by atoms with Crippen molar-refractivity contribution in [1.29, 1.82) is 0 Å². The number of rotatable bonds is 6. The predicted molar refractivity (Wildman–Crippen MR) is 84.0 cm³/mol. The van der Waals surface area contributed by atoms with Crippen molar-refractivity contribution in [3.05, 3.63) is 35.4 Å². The minimum atomic E-state index is 0.608. The molecule has 0 aromatic carbocycles. The van der Waals surface area contributed by atoms with Gasteiger partial charge in [0.15, 0.2) is 5.75 Å². The highest BCUT2D eigenvalue weighted by molar-refractivity contribution is 5.49. The summed E-state index contributed by atoms with van der Waals surface area (Å²) in [5.41, 5.74) is 2.94. The van der Waals surface area contributed by atoms with E-state index >= 15 is 0 Å². The number of hydrogen-bond donors (Lipinski definition) is 1. The van der Waals surface area contributed by atoms with Gasteiger partial charge in [0.1, 0.15) is 12.1 Å². The molecule has 2 rings (SSSR count). The van der Waals surface area contributed by atoms with Gasteiger partial charge in [-0.25, -0.2) is 9.97 Å². The summed E-state index contributed by atoms with van der Waals surface area (Å²) in [6, 6.07) is 3.91. The molecule has 0 spiro atoms. The summed E-state index contributed by atoms with van der Waals surface area (Å²) < 4.78 is 6.03. The van der Waals surface area contributed by atoms with Gasteiger partial charge in [-0.05, 0) is 31.9 Å². The zero-order valence-corrected chi connectivity index (χ0v) is 13.1. The lowest BCUT2D eigenvalue weighted by atomic mass is 10.1. The number of nitrogens with zero attached hydrogens (tertiary/aromatic N) is 3. The predicted octanol–water partition coefficient (Wildman–Crippen LogP) is 3.53. The molecule has 5 heteroatoms. The van der Waals surface area contributed by atoms with Gasteiger partial charge in [-0.15, -0.1) is 0 Å². The Kier molecular flexibility index (Phi) is 5.09. The van der Waals surface area contributed by atoms with Crippen molar-refractivity contribution >= 4 is 5.82 Å². The van der Waals surface area contributed by atoms with Crippen molar-refractivity contribution in [1.82, 2.24) is 15.0 Å². The molecule has 21 heavy (non-hydrogen) atoms.